The molecule has 0 saturated carbocycles. The Morgan fingerprint density at radius 3 is 2.43 bits per heavy atom. The number of hydrogen-bond donors (Lipinski definition) is 0. The van der Waals surface area contributed by atoms with Crippen LogP contribution in [0.1, 0.15) is 25.6 Å². The summed E-state index contributed by atoms with van der Waals surface area (Å²) in [5.74, 6) is 1.92. The molecule has 0 unspecified atom stereocenters. The zero-order valence-corrected chi connectivity index (χ0v) is 9.28. The van der Waals surface area contributed by atoms with Crippen LogP contribution in [0.2, 0.25) is 0 Å². The van der Waals surface area contributed by atoms with Crippen molar-refractivity contribution in [2.45, 2.75) is 19.8 Å². The van der Waals surface area contributed by atoms with Crippen molar-refractivity contribution in [3.8, 4) is 0 Å². The van der Waals surface area contributed by atoms with Gasteiger partial charge in [0.15, 0.2) is 11.0 Å². The van der Waals surface area contributed by atoms with Gasteiger partial charge in [-0.05, 0) is 12.1 Å². The van der Waals surface area contributed by atoms with Crippen LogP contribution in [0.25, 0.3) is 11.0 Å². The molecule has 0 fully saturated rings. The third-order valence-electron chi connectivity index (χ3n) is 2.81. The molecular formula is C12H17N2+. The summed E-state index contributed by atoms with van der Waals surface area (Å²) in [5, 5.41) is 0. The fourth-order valence-electron chi connectivity index (χ4n) is 2.28. The van der Waals surface area contributed by atoms with Crippen LogP contribution in [-0.2, 0) is 14.1 Å². The summed E-state index contributed by atoms with van der Waals surface area (Å²) in [6.45, 7) is 4.46. The van der Waals surface area contributed by atoms with Gasteiger partial charge in [0.1, 0.15) is 0 Å². The van der Waals surface area contributed by atoms with Crippen molar-refractivity contribution in [3.63, 3.8) is 0 Å². The van der Waals surface area contributed by atoms with Crippen molar-refractivity contribution >= 4 is 11.0 Å². The van der Waals surface area contributed by atoms with Crippen LogP contribution in [0.5, 0.6) is 0 Å². The highest BCUT2D eigenvalue weighted by Gasteiger charge is 2.21. The van der Waals surface area contributed by atoms with Crippen LogP contribution in [0.4, 0.5) is 0 Å². The van der Waals surface area contributed by atoms with Crippen LogP contribution in [0.15, 0.2) is 24.3 Å². The zero-order chi connectivity index (χ0) is 10.3. The summed E-state index contributed by atoms with van der Waals surface area (Å²) in [6, 6.07) is 8.52. The first kappa shape index (κ1) is 9.25. The first-order valence-corrected chi connectivity index (χ1v) is 5.06. The van der Waals surface area contributed by atoms with E-state index in [0.717, 1.165) is 0 Å². The number of para-hydroxylation sites is 2. The van der Waals surface area contributed by atoms with Gasteiger partial charge in [-0.2, -0.15) is 0 Å². The molecule has 0 saturated heterocycles. The second kappa shape index (κ2) is 3.12. The summed E-state index contributed by atoms with van der Waals surface area (Å²) in [6.07, 6.45) is 0. The van der Waals surface area contributed by atoms with Gasteiger partial charge in [-0.15, -0.1) is 0 Å². The van der Waals surface area contributed by atoms with Crippen molar-refractivity contribution < 1.29 is 4.57 Å². The molecule has 2 heteroatoms. The van der Waals surface area contributed by atoms with E-state index < -0.39 is 0 Å². The van der Waals surface area contributed by atoms with Crippen molar-refractivity contribution in [2.75, 3.05) is 0 Å². The van der Waals surface area contributed by atoms with Gasteiger partial charge in [0.25, 0.3) is 5.82 Å². The van der Waals surface area contributed by atoms with E-state index in [2.05, 4.69) is 61.3 Å². The number of nitrogens with zero attached hydrogens (tertiary/aromatic N) is 2. The highest BCUT2D eigenvalue weighted by Crippen LogP contribution is 2.17. The van der Waals surface area contributed by atoms with Crippen LogP contribution >= 0.6 is 0 Å². The van der Waals surface area contributed by atoms with Crippen LogP contribution in [0, 0.1) is 0 Å². The molecule has 74 valence electrons. The van der Waals surface area contributed by atoms with Crippen LogP contribution < -0.4 is 4.57 Å². The van der Waals surface area contributed by atoms with Gasteiger partial charge in [0, 0.05) is 0 Å². The maximum Gasteiger partial charge on any atom is 0.259 e. The lowest BCUT2D eigenvalue weighted by Crippen LogP contribution is -2.33. The lowest BCUT2D eigenvalue weighted by Gasteiger charge is -2.00. The monoisotopic (exact) mass is 189 g/mol. The molecule has 0 radical (unpaired) electrons. The fraction of sp³-hybridized carbons (Fsp3) is 0.417. The first-order valence-electron chi connectivity index (χ1n) is 5.06. The molecule has 0 bridgehead atoms. The largest absolute Gasteiger partial charge is 0.259 e. The van der Waals surface area contributed by atoms with Crippen LogP contribution in [0.3, 0.4) is 0 Å². The zero-order valence-electron chi connectivity index (χ0n) is 9.28. The Labute approximate surface area is 84.8 Å². The third-order valence-corrected chi connectivity index (χ3v) is 2.81. The SMILES string of the molecule is CC(C)c1n(C)c2ccccc2[n+]1C. The lowest BCUT2D eigenvalue weighted by molar-refractivity contribution is -0.655. The van der Waals surface area contributed by atoms with Crippen molar-refractivity contribution in [3.05, 3.63) is 30.1 Å². The predicted molar refractivity (Wildman–Crippen MR) is 58.2 cm³/mol. The van der Waals surface area contributed by atoms with Crippen molar-refractivity contribution in [1.29, 1.82) is 0 Å². The van der Waals surface area contributed by atoms with Gasteiger partial charge in [-0.3, -0.25) is 0 Å². The van der Waals surface area contributed by atoms with E-state index in [-0.39, 0.29) is 0 Å². The van der Waals surface area contributed by atoms with Gasteiger partial charge in [-0.25, -0.2) is 9.13 Å². The van der Waals surface area contributed by atoms with E-state index in [0.29, 0.717) is 5.92 Å². The Morgan fingerprint density at radius 2 is 1.86 bits per heavy atom. The highest BCUT2D eigenvalue weighted by molar-refractivity contribution is 5.72. The van der Waals surface area contributed by atoms with Crippen LogP contribution in [-0.4, -0.2) is 4.57 Å². The van der Waals surface area contributed by atoms with Gasteiger partial charge in [0.2, 0.25) is 0 Å². The Hall–Kier alpha value is -1.31. The number of benzene rings is 1. The van der Waals surface area contributed by atoms with E-state index in [4.69, 9.17) is 0 Å². The molecule has 1 aromatic heterocycles. The molecule has 0 aliphatic carbocycles. The molecular weight excluding hydrogens is 172 g/mol. The summed E-state index contributed by atoms with van der Waals surface area (Å²) < 4.78 is 4.56. The third kappa shape index (κ3) is 1.14. The number of hydrogen-bond acceptors (Lipinski definition) is 0. The topological polar surface area (TPSA) is 8.81 Å². The maximum atomic E-state index is 2.28. The molecule has 0 N–H and O–H groups in total. The second-order valence-electron chi connectivity index (χ2n) is 4.12. The average molecular weight is 189 g/mol. The lowest BCUT2D eigenvalue weighted by atomic mass is 10.2. The number of fused-ring (bicyclic) bond motifs is 1. The molecule has 2 aromatic rings. The Bertz CT molecular complexity index is 427. The molecule has 1 aromatic carbocycles. The Morgan fingerprint density at radius 1 is 1.21 bits per heavy atom. The minimum atomic E-state index is 0.553. The predicted octanol–water partition coefficient (Wildman–Crippen LogP) is 2.13. The average Bonchev–Trinajstić information content (AvgIpc) is 2.41. The molecule has 0 spiro atoms. The summed E-state index contributed by atoms with van der Waals surface area (Å²) in [7, 11) is 4.27. The van der Waals surface area contributed by atoms with Gasteiger partial charge < -0.3 is 0 Å². The number of aryl methyl sites for hydroxylation is 2. The fourth-order valence-corrected chi connectivity index (χ4v) is 2.28. The molecule has 0 aliphatic rings. The Balaban J connectivity index is 2.85. The smallest absolute Gasteiger partial charge is 0.230 e. The van der Waals surface area contributed by atoms with Crippen molar-refractivity contribution in [2.24, 2.45) is 14.1 Å². The Kier molecular flexibility index (Phi) is 2.06. The molecule has 14 heavy (non-hydrogen) atoms. The summed E-state index contributed by atoms with van der Waals surface area (Å²) in [4.78, 5) is 0. The molecule has 1 heterocycles. The number of rotatable bonds is 1. The second-order valence-corrected chi connectivity index (χ2v) is 4.12. The van der Waals surface area contributed by atoms with E-state index in [1.807, 2.05) is 0 Å². The first-order chi connectivity index (χ1) is 6.63. The maximum absolute atomic E-state index is 2.28. The molecule has 0 aliphatic heterocycles. The minimum absolute atomic E-state index is 0.553. The van der Waals surface area contributed by atoms with Gasteiger partial charge in [0.05, 0.1) is 20.0 Å². The summed E-state index contributed by atoms with van der Waals surface area (Å²) >= 11 is 0. The van der Waals surface area contributed by atoms with E-state index in [9.17, 15) is 0 Å². The summed E-state index contributed by atoms with van der Waals surface area (Å²) in [5.41, 5.74) is 2.61. The van der Waals surface area contributed by atoms with Gasteiger partial charge in [-0.1, -0.05) is 26.0 Å². The molecule has 0 amide bonds. The van der Waals surface area contributed by atoms with Crippen molar-refractivity contribution in [1.82, 2.24) is 4.57 Å². The number of aromatic nitrogens is 2. The standard InChI is InChI=1S/C12H17N2/c1-9(2)12-13(3)10-7-5-6-8-11(10)14(12)4/h5-9H,1-4H3/q+1. The van der Waals surface area contributed by atoms with E-state index >= 15 is 0 Å². The molecule has 2 rings (SSSR count). The quantitative estimate of drug-likeness (QED) is 0.608. The molecule has 0 atom stereocenters. The molecule has 2 nitrogen and oxygen atoms in total. The van der Waals surface area contributed by atoms with E-state index in [1.165, 1.54) is 16.9 Å². The van der Waals surface area contributed by atoms with Gasteiger partial charge >= 0.3 is 0 Å². The van der Waals surface area contributed by atoms with E-state index in [1.54, 1.807) is 0 Å². The number of imidazole rings is 1. The minimum Gasteiger partial charge on any atom is -0.230 e. The normalized spacial score (nSPS) is 11.5. The highest BCUT2D eigenvalue weighted by atomic mass is 15.1.